The van der Waals surface area contributed by atoms with Crippen LogP contribution in [0, 0.1) is 0 Å². The zero-order valence-electron chi connectivity index (χ0n) is 15.8. The first-order valence-corrected chi connectivity index (χ1v) is 8.91. The van der Waals surface area contributed by atoms with E-state index in [1.54, 1.807) is 6.20 Å². The number of pyridine rings is 1. The van der Waals surface area contributed by atoms with Gasteiger partial charge in [-0.2, -0.15) is 0 Å². The van der Waals surface area contributed by atoms with Crippen molar-refractivity contribution in [1.82, 2.24) is 4.98 Å². The van der Waals surface area contributed by atoms with Crippen molar-refractivity contribution in [2.45, 2.75) is 59.2 Å². The maximum absolute atomic E-state index is 12.8. The van der Waals surface area contributed by atoms with Crippen molar-refractivity contribution in [3.63, 3.8) is 0 Å². The maximum Gasteiger partial charge on any atom is 0.256 e. The van der Waals surface area contributed by atoms with Crippen LogP contribution in [0.4, 0.5) is 5.69 Å². The molecule has 1 atom stereocenters. The first kappa shape index (κ1) is 19.2. The van der Waals surface area contributed by atoms with Gasteiger partial charge >= 0.3 is 0 Å². The predicted molar refractivity (Wildman–Crippen MR) is 101 cm³/mol. The Labute approximate surface area is 149 Å². The zero-order chi connectivity index (χ0) is 18.4. The largest absolute Gasteiger partial charge is 0.489 e. The molecule has 0 aliphatic rings. The maximum atomic E-state index is 12.8. The molecule has 0 fully saturated rings. The second-order valence-corrected chi connectivity index (χ2v) is 6.56. The number of aromatic nitrogens is 1. The normalized spacial score (nSPS) is 13.7. The number of carbonyl (C=O) groups is 1. The van der Waals surface area contributed by atoms with Crippen molar-refractivity contribution in [3.05, 3.63) is 30.5 Å². The number of hydrogen-bond donors (Lipinski definition) is 1. The molecule has 25 heavy (non-hydrogen) atoms. The highest BCUT2D eigenvalue weighted by Crippen LogP contribution is 2.31. The molecule has 0 spiro atoms. The summed E-state index contributed by atoms with van der Waals surface area (Å²) in [6.07, 6.45) is 3.25. The van der Waals surface area contributed by atoms with E-state index >= 15 is 0 Å². The summed E-state index contributed by atoms with van der Waals surface area (Å²) < 4.78 is 11.6. The molecule has 0 aliphatic heterocycles. The van der Waals surface area contributed by atoms with Crippen molar-refractivity contribution < 1.29 is 14.3 Å². The third-order valence-electron chi connectivity index (χ3n) is 4.12. The minimum atomic E-state index is -0.850. The molecule has 1 heterocycles. The summed E-state index contributed by atoms with van der Waals surface area (Å²) >= 11 is 0. The number of nitrogens with zero attached hydrogens (tertiary/aromatic N) is 1. The number of carbonyl (C=O) groups excluding carboxylic acids is 1. The van der Waals surface area contributed by atoms with E-state index in [9.17, 15) is 4.79 Å². The van der Waals surface area contributed by atoms with Crippen LogP contribution >= 0.6 is 0 Å². The van der Waals surface area contributed by atoms with E-state index in [0.29, 0.717) is 24.5 Å². The van der Waals surface area contributed by atoms with Crippen molar-refractivity contribution in [2.24, 2.45) is 0 Å². The van der Waals surface area contributed by atoms with Crippen LogP contribution in [-0.2, 0) is 9.53 Å². The highest BCUT2D eigenvalue weighted by molar-refractivity contribution is 6.05. The number of rotatable bonds is 8. The number of anilines is 1. The molecular formula is C20H28N2O3. The van der Waals surface area contributed by atoms with E-state index in [1.807, 2.05) is 58.9 Å². The Morgan fingerprint density at radius 3 is 2.68 bits per heavy atom. The van der Waals surface area contributed by atoms with Gasteiger partial charge in [-0.1, -0.05) is 13.8 Å². The molecule has 2 aromatic rings. The minimum absolute atomic E-state index is 0.0523. The van der Waals surface area contributed by atoms with Gasteiger partial charge < -0.3 is 14.8 Å². The van der Waals surface area contributed by atoms with Crippen LogP contribution in [-0.4, -0.2) is 29.2 Å². The Morgan fingerprint density at radius 1 is 1.28 bits per heavy atom. The smallest absolute Gasteiger partial charge is 0.256 e. The van der Waals surface area contributed by atoms with Crippen LogP contribution in [0.3, 0.4) is 0 Å². The number of hydrogen-bond acceptors (Lipinski definition) is 4. The summed E-state index contributed by atoms with van der Waals surface area (Å²) in [7, 11) is 0. The summed E-state index contributed by atoms with van der Waals surface area (Å²) in [4.78, 5) is 17.2. The minimum Gasteiger partial charge on any atom is -0.489 e. The monoisotopic (exact) mass is 344 g/mol. The standard InChI is InChI=1S/C20H28N2O3/c1-6-13-24-20(5,7-2)19(23)22-16-10-11-17(25-14(3)4)18-15(16)9-8-12-21-18/h8-12,14H,6-7,13H2,1-5H3,(H,22,23)/t20-/m1/s1. The lowest BCUT2D eigenvalue weighted by Gasteiger charge is -2.27. The van der Waals surface area contributed by atoms with E-state index in [1.165, 1.54) is 0 Å². The third-order valence-corrected chi connectivity index (χ3v) is 4.12. The molecule has 1 aromatic carbocycles. The fraction of sp³-hybridized carbons (Fsp3) is 0.500. The molecule has 2 rings (SSSR count). The van der Waals surface area contributed by atoms with Gasteiger partial charge in [0.1, 0.15) is 16.9 Å². The average Bonchev–Trinajstić information content (AvgIpc) is 2.61. The quantitative estimate of drug-likeness (QED) is 0.763. The molecule has 5 nitrogen and oxygen atoms in total. The molecule has 0 saturated carbocycles. The van der Waals surface area contributed by atoms with E-state index in [4.69, 9.17) is 9.47 Å². The molecule has 0 saturated heterocycles. The number of ether oxygens (including phenoxy) is 2. The van der Waals surface area contributed by atoms with E-state index in [2.05, 4.69) is 10.3 Å². The fourth-order valence-electron chi connectivity index (χ4n) is 2.51. The summed E-state index contributed by atoms with van der Waals surface area (Å²) in [5.74, 6) is 0.565. The van der Waals surface area contributed by atoms with Gasteiger partial charge in [0, 0.05) is 18.2 Å². The van der Waals surface area contributed by atoms with Crippen LogP contribution in [0.1, 0.15) is 47.5 Å². The lowest BCUT2D eigenvalue weighted by molar-refractivity contribution is -0.139. The average molecular weight is 344 g/mol. The topological polar surface area (TPSA) is 60.5 Å². The van der Waals surface area contributed by atoms with E-state index in [-0.39, 0.29) is 12.0 Å². The van der Waals surface area contributed by atoms with E-state index in [0.717, 1.165) is 17.3 Å². The van der Waals surface area contributed by atoms with Gasteiger partial charge in [0.2, 0.25) is 0 Å². The molecule has 1 amide bonds. The van der Waals surface area contributed by atoms with Gasteiger partial charge in [0.05, 0.1) is 11.8 Å². The zero-order valence-corrected chi connectivity index (χ0v) is 15.8. The van der Waals surface area contributed by atoms with Gasteiger partial charge in [-0.15, -0.1) is 0 Å². The number of fused-ring (bicyclic) bond motifs is 1. The third kappa shape index (κ3) is 4.48. The summed E-state index contributed by atoms with van der Waals surface area (Å²) in [6, 6.07) is 7.49. The summed E-state index contributed by atoms with van der Waals surface area (Å²) in [5.41, 5.74) is 0.600. The first-order chi connectivity index (χ1) is 11.9. The Bertz CT molecular complexity index is 730. The molecule has 1 aromatic heterocycles. The second kappa shape index (κ2) is 8.30. The molecule has 0 unspecified atom stereocenters. The molecule has 136 valence electrons. The van der Waals surface area contributed by atoms with Gasteiger partial charge in [-0.05, 0) is 57.9 Å². The van der Waals surface area contributed by atoms with Crippen molar-refractivity contribution in [3.8, 4) is 5.75 Å². The molecule has 0 bridgehead atoms. The Morgan fingerprint density at radius 2 is 2.04 bits per heavy atom. The Balaban J connectivity index is 2.34. The van der Waals surface area contributed by atoms with Crippen molar-refractivity contribution >= 4 is 22.5 Å². The Hall–Kier alpha value is -2.14. The first-order valence-electron chi connectivity index (χ1n) is 8.91. The summed E-state index contributed by atoms with van der Waals surface area (Å²) in [6.45, 7) is 10.3. The Kier molecular flexibility index (Phi) is 6.37. The predicted octanol–water partition coefficient (Wildman–Crippen LogP) is 4.56. The molecule has 1 N–H and O–H groups in total. The number of benzene rings is 1. The van der Waals surface area contributed by atoms with Gasteiger partial charge in [0.25, 0.3) is 5.91 Å². The highest BCUT2D eigenvalue weighted by Gasteiger charge is 2.32. The van der Waals surface area contributed by atoms with Crippen LogP contribution in [0.25, 0.3) is 10.9 Å². The number of amides is 1. The lowest BCUT2D eigenvalue weighted by atomic mass is 10.0. The van der Waals surface area contributed by atoms with Gasteiger partial charge in [-0.3, -0.25) is 9.78 Å². The fourth-order valence-corrected chi connectivity index (χ4v) is 2.51. The molecule has 0 radical (unpaired) electrons. The van der Waals surface area contributed by atoms with Crippen LogP contribution in [0.2, 0.25) is 0 Å². The van der Waals surface area contributed by atoms with E-state index < -0.39 is 5.60 Å². The number of nitrogens with one attached hydrogen (secondary N) is 1. The van der Waals surface area contributed by atoms with Gasteiger partial charge in [-0.25, -0.2) is 0 Å². The van der Waals surface area contributed by atoms with Crippen molar-refractivity contribution in [2.75, 3.05) is 11.9 Å². The van der Waals surface area contributed by atoms with Crippen LogP contribution < -0.4 is 10.1 Å². The van der Waals surface area contributed by atoms with Gasteiger partial charge in [0.15, 0.2) is 0 Å². The second-order valence-electron chi connectivity index (χ2n) is 6.56. The SMILES string of the molecule is CCCO[C@](C)(CC)C(=O)Nc1ccc(OC(C)C)c2ncccc12. The molecule has 0 aliphatic carbocycles. The van der Waals surface area contributed by atoms with Crippen molar-refractivity contribution in [1.29, 1.82) is 0 Å². The molecule has 5 heteroatoms. The lowest BCUT2D eigenvalue weighted by Crippen LogP contribution is -2.42. The molecular weight excluding hydrogens is 316 g/mol. The summed E-state index contributed by atoms with van der Waals surface area (Å²) in [5, 5.41) is 3.86. The highest BCUT2D eigenvalue weighted by atomic mass is 16.5. The van der Waals surface area contributed by atoms with Crippen LogP contribution in [0.15, 0.2) is 30.5 Å². The van der Waals surface area contributed by atoms with Crippen LogP contribution in [0.5, 0.6) is 5.75 Å².